The van der Waals surface area contributed by atoms with Gasteiger partial charge in [0.05, 0.1) is 19.9 Å². The first-order valence-corrected chi connectivity index (χ1v) is 7.95. The Bertz CT molecular complexity index is 767. The zero-order valence-corrected chi connectivity index (χ0v) is 13.9. The highest BCUT2D eigenvalue weighted by Gasteiger charge is 2.29. The predicted molar refractivity (Wildman–Crippen MR) is 91.7 cm³/mol. The summed E-state index contributed by atoms with van der Waals surface area (Å²) in [7, 11) is 1.63. The zero-order chi connectivity index (χ0) is 17.1. The summed E-state index contributed by atoms with van der Waals surface area (Å²) < 4.78 is 11.3. The number of carbonyl (C=O) groups is 1. The lowest BCUT2D eigenvalue weighted by molar-refractivity contribution is -0.116. The molecular formula is C18H21N3O3. The fraction of sp³-hybridized carbons (Fsp3) is 0.333. The maximum absolute atomic E-state index is 12.0. The number of carbonyl (C=O) groups excluding carboxylic acids is 1. The summed E-state index contributed by atoms with van der Waals surface area (Å²) in [5, 5.41) is 9.70. The van der Waals surface area contributed by atoms with Gasteiger partial charge in [-0.3, -0.25) is 9.89 Å². The minimum Gasteiger partial charge on any atom is -0.493 e. The van der Waals surface area contributed by atoms with Crippen molar-refractivity contribution in [3.8, 4) is 11.5 Å². The van der Waals surface area contributed by atoms with E-state index in [1.54, 1.807) is 13.3 Å². The number of nitrogens with zero attached hydrogens (tertiary/aromatic N) is 1. The second-order valence-corrected chi connectivity index (χ2v) is 5.64. The van der Waals surface area contributed by atoms with E-state index in [1.165, 1.54) is 0 Å². The molecule has 0 fully saturated rings. The molecule has 2 heterocycles. The Morgan fingerprint density at radius 1 is 1.46 bits per heavy atom. The molecule has 0 saturated carbocycles. The molecule has 0 radical (unpaired) electrons. The zero-order valence-electron chi connectivity index (χ0n) is 13.9. The lowest BCUT2D eigenvalue weighted by Gasteiger charge is -2.24. The minimum atomic E-state index is -0.0684. The SMILES string of the molecule is C=CCc1cc([C@@H]2CC(=O)Nc3[nH]ncc32)cc(OCC)c1OC. The lowest BCUT2D eigenvalue weighted by atomic mass is 9.86. The molecule has 6 heteroatoms. The van der Waals surface area contributed by atoms with E-state index in [0.717, 1.165) is 16.7 Å². The number of allylic oxidation sites excluding steroid dienone is 1. The highest BCUT2D eigenvalue weighted by atomic mass is 16.5. The number of anilines is 1. The number of H-pyrrole nitrogens is 1. The number of ether oxygens (including phenoxy) is 2. The Morgan fingerprint density at radius 3 is 3.00 bits per heavy atom. The topological polar surface area (TPSA) is 76.2 Å². The molecule has 1 atom stereocenters. The van der Waals surface area contributed by atoms with Gasteiger partial charge in [-0.05, 0) is 25.0 Å². The molecule has 2 aromatic rings. The van der Waals surface area contributed by atoms with Crippen LogP contribution in [0.2, 0.25) is 0 Å². The first-order valence-electron chi connectivity index (χ1n) is 7.95. The highest BCUT2D eigenvalue weighted by Crippen LogP contribution is 2.41. The van der Waals surface area contributed by atoms with Crippen LogP contribution in [0.4, 0.5) is 5.82 Å². The van der Waals surface area contributed by atoms with Gasteiger partial charge in [-0.15, -0.1) is 6.58 Å². The van der Waals surface area contributed by atoms with E-state index in [1.807, 2.05) is 19.1 Å². The van der Waals surface area contributed by atoms with Crippen molar-refractivity contribution >= 4 is 11.7 Å². The second-order valence-electron chi connectivity index (χ2n) is 5.64. The number of hydrogen-bond acceptors (Lipinski definition) is 4. The number of aromatic amines is 1. The van der Waals surface area contributed by atoms with Crippen molar-refractivity contribution in [2.75, 3.05) is 19.0 Å². The summed E-state index contributed by atoms with van der Waals surface area (Å²) in [6.07, 6.45) is 4.62. The van der Waals surface area contributed by atoms with Crippen LogP contribution in [0.1, 0.15) is 36.0 Å². The van der Waals surface area contributed by atoms with Gasteiger partial charge in [0.2, 0.25) is 5.91 Å². The Kier molecular flexibility index (Phi) is 4.55. The Morgan fingerprint density at radius 2 is 2.29 bits per heavy atom. The smallest absolute Gasteiger partial charge is 0.226 e. The van der Waals surface area contributed by atoms with E-state index < -0.39 is 0 Å². The molecule has 1 aliphatic rings. The van der Waals surface area contributed by atoms with Crippen molar-refractivity contribution in [1.82, 2.24) is 10.2 Å². The van der Waals surface area contributed by atoms with Crippen molar-refractivity contribution in [3.63, 3.8) is 0 Å². The van der Waals surface area contributed by atoms with Crippen molar-refractivity contribution in [2.45, 2.75) is 25.7 Å². The van der Waals surface area contributed by atoms with Crippen LogP contribution in [0.3, 0.4) is 0 Å². The summed E-state index contributed by atoms with van der Waals surface area (Å²) in [5.41, 5.74) is 2.98. The molecule has 126 valence electrons. The van der Waals surface area contributed by atoms with E-state index in [0.29, 0.717) is 36.8 Å². The molecule has 0 aliphatic carbocycles. The largest absolute Gasteiger partial charge is 0.493 e. The number of hydrogen-bond donors (Lipinski definition) is 2. The van der Waals surface area contributed by atoms with Gasteiger partial charge in [-0.25, -0.2) is 0 Å². The molecule has 3 rings (SSSR count). The van der Waals surface area contributed by atoms with Gasteiger partial charge in [-0.1, -0.05) is 12.1 Å². The summed E-state index contributed by atoms with van der Waals surface area (Å²) >= 11 is 0. The molecule has 1 amide bonds. The van der Waals surface area contributed by atoms with Crippen LogP contribution in [-0.4, -0.2) is 29.8 Å². The van der Waals surface area contributed by atoms with Crippen LogP contribution in [0.5, 0.6) is 11.5 Å². The molecule has 0 unspecified atom stereocenters. The van der Waals surface area contributed by atoms with Crippen molar-refractivity contribution in [2.24, 2.45) is 0 Å². The van der Waals surface area contributed by atoms with Crippen LogP contribution in [-0.2, 0) is 11.2 Å². The third-order valence-corrected chi connectivity index (χ3v) is 4.12. The molecule has 0 spiro atoms. The van der Waals surface area contributed by atoms with E-state index in [9.17, 15) is 4.79 Å². The number of amides is 1. The van der Waals surface area contributed by atoms with Crippen molar-refractivity contribution in [1.29, 1.82) is 0 Å². The van der Waals surface area contributed by atoms with Crippen LogP contribution in [0.15, 0.2) is 31.0 Å². The third-order valence-electron chi connectivity index (χ3n) is 4.12. The third kappa shape index (κ3) is 2.87. The molecule has 0 bridgehead atoms. The maximum Gasteiger partial charge on any atom is 0.226 e. The number of rotatable bonds is 6. The number of methoxy groups -OCH3 is 1. The van der Waals surface area contributed by atoms with Gasteiger partial charge >= 0.3 is 0 Å². The van der Waals surface area contributed by atoms with Crippen LogP contribution < -0.4 is 14.8 Å². The molecule has 1 aromatic carbocycles. The fourth-order valence-electron chi connectivity index (χ4n) is 3.13. The van der Waals surface area contributed by atoms with Crippen LogP contribution in [0.25, 0.3) is 0 Å². The second kappa shape index (κ2) is 6.78. The molecule has 24 heavy (non-hydrogen) atoms. The molecule has 0 saturated heterocycles. The number of benzene rings is 1. The van der Waals surface area contributed by atoms with Gasteiger partial charge in [0.1, 0.15) is 5.82 Å². The van der Waals surface area contributed by atoms with Gasteiger partial charge in [0, 0.05) is 23.5 Å². The van der Waals surface area contributed by atoms with Crippen molar-refractivity contribution < 1.29 is 14.3 Å². The quantitative estimate of drug-likeness (QED) is 0.800. The fourth-order valence-corrected chi connectivity index (χ4v) is 3.13. The number of aromatic nitrogens is 2. The molecule has 2 N–H and O–H groups in total. The van der Waals surface area contributed by atoms with E-state index in [-0.39, 0.29) is 11.8 Å². The molecule has 1 aromatic heterocycles. The molecular weight excluding hydrogens is 306 g/mol. The van der Waals surface area contributed by atoms with Gasteiger partial charge in [-0.2, -0.15) is 5.10 Å². The predicted octanol–water partition coefficient (Wildman–Crippen LogP) is 3.02. The van der Waals surface area contributed by atoms with Gasteiger partial charge in [0.25, 0.3) is 0 Å². The standard InChI is InChI=1S/C18H21N3O3/c1-4-6-11-7-12(8-15(24-5-2)17(11)23-3)13-9-16(22)20-18-14(13)10-19-21-18/h4,7-8,10,13H,1,5-6,9H2,2-3H3,(H2,19,20,21,22)/t13-/m0/s1. The first-order chi connectivity index (χ1) is 11.7. The Balaban J connectivity index is 2.11. The van der Waals surface area contributed by atoms with Crippen molar-refractivity contribution in [3.05, 3.63) is 47.7 Å². The normalized spacial score (nSPS) is 16.2. The van der Waals surface area contributed by atoms with E-state index >= 15 is 0 Å². The average Bonchev–Trinajstić information content (AvgIpc) is 3.02. The van der Waals surface area contributed by atoms with E-state index in [2.05, 4.69) is 28.2 Å². The summed E-state index contributed by atoms with van der Waals surface area (Å²) in [5.74, 6) is 1.96. The minimum absolute atomic E-state index is 0.0317. The molecule has 1 aliphatic heterocycles. The number of nitrogens with one attached hydrogen (secondary N) is 2. The summed E-state index contributed by atoms with van der Waals surface area (Å²) in [6.45, 7) is 6.28. The monoisotopic (exact) mass is 327 g/mol. The Hall–Kier alpha value is -2.76. The molecule has 6 nitrogen and oxygen atoms in total. The highest BCUT2D eigenvalue weighted by molar-refractivity contribution is 5.94. The summed E-state index contributed by atoms with van der Waals surface area (Å²) in [6, 6.07) is 4.01. The number of fused-ring (bicyclic) bond motifs is 1. The van der Waals surface area contributed by atoms with E-state index in [4.69, 9.17) is 9.47 Å². The van der Waals surface area contributed by atoms with Crippen LogP contribution >= 0.6 is 0 Å². The maximum atomic E-state index is 12.0. The van der Waals surface area contributed by atoms with Gasteiger partial charge in [0.15, 0.2) is 11.5 Å². The Labute approximate surface area is 140 Å². The van der Waals surface area contributed by atoms with Gasteiger partial charge < -0.3 is 14.8 Å². The average molecular weight is 327 g/mol. The first kappa shape index (κ1) is 16.1. The lowest BCUT2D eigenvalue weighted by Crippen LogP contribution is -2.23. The summed E-state index contributed by atoms with van der Waals surface area (Å²) in [4.78, 5) is 12.0. The van der Waals surface area contributed by atoms with Crippen LogP contribution in [0, 0.1) is 0 Å².